The number of carbonyl (C=O) groups excluding carboxylic acids is 2. The number of sulfone groups is 1. The first-order chi connectivity index (χ1) is 5.02. The molecule has 0 aliphatic heterocycles. The molecule has 0 amide bonds. The first-order valence-corrected chi connectivity index (χ1v) is 4.56. The van der Waals surface area contributed by atoms with Crippen molar-refractivity contribution < 1.29 is 18.0 Å². The highest BCUT2D eigenvalue weighted by atomic mass is 32.2. The van der Waals surface area contributed by atoms with Crippen molar-refractivity contribution in [2.75, 3.05) is 5.75 Å². The lowest BCUT2D eigenvalue weighted by molar-refractivity contribution is -0.129. The summed E-state index contributed by atoms with van der Waals surface area (Å²) in [5, 5.41) is 0.769. The second-order valence-corrected chi connectivity index (χ2v) is 3.94. The Morgan fingerprint density at radius 1 is 1.45 bits per heavy atom. The van der Waals surface area contributed by atoms with Crippen LogP contribution < -0.4 is 0 Å². The number of hydrogen-bond acceptors (Lipinski definition) is 4. The molecule has 0 rings (SSSR count). The van der Waals surface area contributed by atoms with Crippen LogP contribution in [0.2, 0.25) is 0 Å². The normalized spacial score (nSPS) is 10.5. The molecule has 0 radical (unpaired) electrons. The lowest BCUT2D eigenvalue weighted by Crippen LogP contribution is -2.08. The van der Waals surface area contributed by atoms with E-state index >= 15 is 0 Å². The number of rotatable bonds is 5. The van der Waals surface area contributed by atoms with E-state index in [9.17, 15) is 18.0 Å². The fourth-order valence-corrected chi connectivity index (χ4v) is 1.04. The molecule has 0 spiro atoms. The molecule has 11 heavy (non-hydrogen) atoms. The lowest BCUT2D eigenvalue weighted by atomic mass is 10.3. The molecule has 0 aromatic carbocycles. The van der Waals surface area contributed by atoms with Crippen molar-refractivity contribution in [3.63, 3.8) is 0 Å². The highest BCUT2D eigenvalue weighted by Crippen LogP contribution is 1.93. The summed E-state index contributed by atoms with van der Waals surface area (Å²) in [7, 11) is -3.34. The maximum atomic E-state index is 10.6. The third kappa shape index (κ3) is 4.44. The molecule has 62 valence electrons. The predicted molar refractivity (Wildman–Crippen MR) is 39.7 cm³/mol. The molecule has 0 atom stereocenters. The number of aldehydes is 1. The molecule has 0 unspecified atom stereocenters. The van der Waals surface area contributed by atoms with Crippen molar-refractivity contribution in [2.45, 2.75) is 6.42 Å². The molecule has 4 nitrogen and oxygen atoms in total. The highest BCUT2D eigenvalue weighted by molar-refractivity contribution is 7.94. The average Bonchev–Trinajstić information content (AvgIpc) is 2.00. The van der Waals surface area contributed by atoms with Crippen molar-refractivity contribution in [1.29, 1.82) is 0 Å². The summed E-state index contributed by atoms with van der Waals surface area (Å²) in [6.45, 7) is 3.05. The van der Waals surface area contributed by atoms with Crippen LogP contribution in [-0.4, -0.2) is 26.2 Å². The summed E-state index contributed by atoms with van der Waals surface area (Å²) in [4.78, 5) is 20.0. The van der Waals surface area contributed by atoms with Crippen LogP contribution in [0.15, 0.2) is 12.0 Å². The third-order valence-corrected chi connectivity index (χ3v) is 2.30. The molecule has 0 fully saturated rings. The van der Waals surface area contributed by atoms with E-state index in [1.165, 1.54) is 0 Å². The van der Waals surface area contributed by atoms with Gasteiger partial charge in [0.2, 0.25) is 0 Å². The third-order valence-electron chi connectivity index (χ3n) is 1.02. The molecule has 0 heterocycles. The first kappa shape index (κ1) is 10.0. The van der Waals surface area contributed by atoms with Crippen LogP contribution >= 0.6 is 0 Å². The molecule has 5 heteroatoms. The summed E-state index contributed by atoms with van der Waals surface area (Å²) >= 11 is 0. The van der Waals surface area contributed by atoms with Crippen LogP contribution in [0.5, 0.6) is 0 Å². The summed E-state index contributed by atoms with van der Waals surface area (Å²) in [6.07, 6.45) is -0.156. The van der Waals surface area contributed by atoms with E-state index in [1.807, 2.05) is 0 Å². The maximum Gasteiger partial charge on any atom is 0.196 e. The fourth-order valence-electron chi connectivity index (χ4n) is 0.385. The Balaban J connectivity index is 4.00. The molecule has 0 bridgehead atoms. The van der Waals surface area contributed by atoms with Gasteiger partial charge in [-0.2, -0.15) is 0 Å². The van der Waals surface area contributed by atoms with Gasteiger partial charge in [0.25, 0.3) is 0 Å². The van der Waals surface area contributed by atoms with Crippen LogP contribution in [0.1, 0.15) is 6.42 Å². The summed E-state index contributed by atoms with van der Waals surface area (Å²) in [6, 6.07) is 0. The van der Waals surface area contributed by atoms with E-state index in [0.29, 0.717) is 0 Å². The smallest absolute Gasteiger partial charge is 0.196 e. The SMILES string of the molecule is C=CS(=O)(=O)CCC(=O)C=O. The van der Waals surface area contributed by atoms with Crippen LogP contribution in [-0.2, 0) is 19.4 Å². The standard InChI is InChI=1S/C6H8O4S/c1-2-11(9,10)4-3-6(8)5-7/h2,5H,1,3-4H2. The highest BCUT2D eigenvalue weighted by Gasteiger charge is 2.07. The second kappa shape index (κ2) is 4.02. The Labute approximate surface area is 64.8 Å². The molecule has 0 N–H and O–H groups in total. The molecule has 0 aliphatic carbocycles. The monoisotopic (exact) mass is 176 g/mol. The Kier molecular flexibility index (Phi) is 3.67. The minimum Gasteiger partial charge on any atom is -0.295 e. The van der Waals surface area contributed by atoms with Gasteiger partial charge in [-0.25, -0.2) is 8.42 Å². The molecule has 0 saturated heterocycles. The van der Waals surface area contributed by atoms with Crippen LogP contribution in [0.4, 0.5) is 0 Å². The van der Waals surface area contributed by atoms with Gasteiger partial charge in [0.1, 0.15) is 0 Å². The van der Waals surface area contributed by atoms with Gasteiger partial charge in [-0.3, -0.25) is 9.59 Å². The van der Waals surface area contributed by atoms with Crippen LogP contribution in [0.3, 0.4) is 0 Å². The van der Waals surface area contributed by atoms with Gasteiger partial charge in [-0.1, -0.05) is 6.58 Å². The van der Waals surface area contributed by atoms with Crippen LogP contribution in [0.25, 0.3) is 0 Å². The van der Waals surface area contributed by atoms with Gasteiger partial charge in [-0.15, -0.1) is 0 Å². The van der Waals surface area contributed by atoms with Gasteiger partial charge in [0, 0.05) is 11.8 Å². The Morgan fingerprint density at radius 2 is 2.00 bits per heavy atom. The van der Waals surface area contributed by atoms with E-state index in [2.05, 4.69) is 6.58 Å². The number of ketones is 1. The van der Waals surface area contributed by atoms with Gasteiger partial charge in [0.15, 0.2) is 21.9 Å². The largest absolute Gasteiger partial charge is 0.295 e. The topological polar surface area (TPSA) is 68.3 Å². The number of hydrogen-bond donors (Lipinski definition) is 0. The number of Topliss-reactive ketones (excluding diaryl/α,β-unsaturated/α-hetero) is 1. The minimum absolute atomic E-state index is 0.110. The van der Waals surface area contributed by atoms with E-state index in [4.69, 9.17) is 0 Å². The Hall–Kier alpha value is -0.970. The quantitative estimate of drug-likeness (QED) is 0.426. The van der Waals surface area contributed by atoms with Crippen molar-refractivity contribution in [1.82, 2.24) is 0 Å². The zero-order valence-corrected chi connectivity index (χ0v) is 6.63. The average molecular weight is 176 g/mol. The molecule has 0 aromatic heterocycles. The van der Waals surface area contributed by atoms with Crippen molar-refractivity contribution in [2.24, 2.45) is 0 Å². The molecule has 0 saturated carbocycles. The van der Waals surface area contributed by atoms with Gasteiger partial charge >= 0.3 is 0 Å². The molecular formula is C6H8O4S. The van der Waals surface area contributed by atoms with Crippen molar-refractivity contribution in [3.05, 3.63) is 12.0 Å². The summed E-state index contributed by atoms with van der Waals surface area (Å²) in [5.41, 5.74) is 0. The number of carbonyl (C=O) groups is 2. The predicted octanol–water partition coefficient (Wildman–Crippen LogP) is -0.297. The van der Waals surface area contributed by atoms with Crippen molar-refractivity contribution >= 4 is 21.9 Å². The zero-order valence-electron chi connectivity index (χ0n) is 5.82. The van der Waals surface area contributed by atoms with Crippen LogP contribution in [0, 0.1) is 0 Å². The minimum atomic E-state index is -3.34. The van der Waals surface area contributed by atoms with E-state index in [0.717, 1.165) is 5.41 Å². The van der Waals surface area contributed by atoms with E-state index in [1.54, 1.807) is 0 Å². The molecular weight excluding hydrogens is 168 g/mol. The summed E-state index contributed by atoms with van der Waals surface area (Å²) in [5.74, 6) is -1.05. The molecule has 0 aromatic rings. The van der Waals surface area contributed by atoms with Gasteiger partial charge in [-0.05, 0) is 0 Å². The van der Waals surface area contributed by atoms with Gasteiger partial charge in [0.05, 0.1) is 5.75 Å². The first-order valence-electron chi connectivity index (χ1n) is 2.85. The molecule has 0 aliphatic rings. The Morgan fingerprint density at radius 3 is 2.36 bits per heavy atom. The lowest BCUT2D eigenvalue weighted by Gasteiger charge is -1.92. The fraction of sp³-hybridized carbons (Fsp3) is 0.333. The van der Waals surface area contributed by atoms with E-state index < -0.39 is 15.6 Å². The summed E-state index contributed by atoms with van der Waals surface area (Å²) < 4.78 is 21.3. The van der Waals surface area contributed by atoms with Gasteiger partial charge < -0.3 is 0 Å². The maximum absolute atomic E-state index is 10.6. The van der Waals surface area contributed by atoms with Crippen molar-refractivity contribution in [3.8, 4) is 0 Å². The second-order valence-electron chi connectivity index (χ2n) is 1.87. The zero-order chi connectivity index (χ0) is 8.91. The Bertz CT molecular complexity index is 262. The van der Waals surface area contributed by atoms with E-state index in [-0.39, 0.29) is 18.5 Å².